The minimum absolute atomic E-state index is 0.118. The van der Waals surface area contributed by atoms with Crippen molar-refractivity contribution in [2.45, 2.75) is 13.8 Å². The van der Waals surface area contributed by atoms with E-state index >= 15 is 0 Å². The molecule has 190 valence electrons. The molecule has 3 rings (SSSR count). The number of carbonyl (C=O) groups excluding carboxylic acids is 3. The number of nitrogens with one attached hydrogen (secondary N) is 1. The van der Waals surface area contributed by atoms with E-state index in [-0.39, 0.29) is 35.9 Å². The fraction of sp³-hybridized carbons (Fsp3) is 0.227. The van der Waals surface area contributed by atoms with Gasteiger partial charge < -0.3 is 10.1 Å². The predicted molar refractivity (Wildman–Crippen MR) is 145 cm³/mol. The number of nitrogens with zero attached hydrogens (tertiary/aromatic N) is 5. The standard InChI is InChI=1S/C22H20Br3ClN6O4/c1-4-30(31(5-2)22(35)36-3)21(34)13-9-12(23)10-14(24)18(13)28-20(33)16-11-17(25)29-32(16)19-15(26)7-6-8-27-19/h6-11H,4-5H2,1-3H3,(H,28,33). The quantitative estimate of drug-likeness (QED) is 0.319. The highest BCUT2D eigenvalue weighted by atomic mass is 79.9. The largest absolute Gasteiger partial charge is 0.452 e. The number of carbonyl (C=O) groups is 3. The van der Waals surface area contributed by atoms with Crippen molar-refractivity contribution in [3.8, 4) is 5.82 Å². The molecule has 0 spiro atoms. The van der Waals surface area contributed by atoms with Crippen LogP contribution in [0.2, 0.25) is 5.02 Å². The molecule has 10 nitrogen and oxygen atoms in total. The first-order valence-electron chi connectivity index (χ1n) is 10.5. The number of halogens is 4. The zero-order valence-corrected chi connectivity index (χ0v) is 24.8. The molecule has 0 radical (unpaired) electrons. The number of benzene rings is 1. The van der Waals surface area contributed by atoms with Crippen molar-refractivity contribution in [2.75, 3.05) is 25.5 Å². The summed E-state index contributed by atoms with van der Waals surface area (Å²) in [5.41, 5.74) is 0.450. The number of hydrogen-bond acceptors (Lipinski definition) is 6. The average molecular weight is 708 g/mol. The molecule has 0 bridgehead atoms. The Morgan fingerprint density at radius 2 is 1.81 bits per heavy atom. The van der Waals surface area contributed by atoms with Crippen molar-refractivity contribution in [3.63, 3.8) is 0 Å². The van der Waals surface area contributed by atoms with Gasteiger partial charge in [0.25, 0.3) is 11.8 Å². The van der Waals surface area contributed by atoms with Crippen LogP contribution in [0.1, 0.15) is 34.7 Å². The SMILES string of the molecule is CCN(C(=O)OC)N(CC)C(=O)c1cc(Br)cc(Br)c1NC(=O)c1cc(Br)nn1-c1ncccc1Cl. The Kier molecular flexibility index (Phi) is 9.50. The second-order valence-electron chi connectivity index (χ2n) is 7.04. The molecule has 0 unspecified atom stereocenters. The van der Waals surface area contributed by atoms with Crippen LogP contribution in [0.5, 0.6) is 0 Å². The van der Waals surface area contributed by atoms with Gasteiger partial charge in [-0.1, -0.05) is 27.5 Å². The molecule has 1 N–H and O–H groups in total. The third-order valence-electron chi connectivity index (χ3n) is 4.89. The van der Waals surface area contributed by atoms with Gasteiger partial charge in [-0.2, -0.15) is 5.10 Å². The molecule has 2 heterocycles. The van der Waals surface area contributed by atoms with Gasteiger partial charge in [-0.25, -0.2) is 24.5 Å². The number of amides is 3. The van der Waals surface area contributed by atoms with Crippen molar-refractivity contribution in [2.24, 2.45) is 0 Å². The monoisotopic (exact) mass is 704 g/mol. The normalized spacial score (nSPS) is 10.6. The lowest BCUT2D eigenvalue weighted by Gasteiger charge is -2.32. The smallest absolute Gasteiger partial charge is 0.428 e. The van der Waals surface area contributed by atoms with Crippen LogP contribution in [0.15, 0.2) is 50.1 Å². The summed E-state index contributed by atoms with van der Waals surface area (Å²) in [5, 5.41) is 9.77. The van der Waals surface area contributed by atoms with Gasteiger partial charge in [-0.05, 0) is 70.0 Å². The highest BCUT2D eigenvalue weighted by Gasteiger charge is 2.29. The van der Waals surface area contributed by atoms with Crippen molar-refractivity contribution < 1.29 is 19.1 Å². The lowest BCUT2D eigenvalue weighted by molar-refractivity contribution is -0.00166. The molecular formula is C22H20Br3ClN6O4. The summed E-state index contributed by atoms with van der Waals surface area (Å²) in [5.74, 6) is -0.838. The number of anilines is 1. The molecule has 0 aliphatic rings. The molecule has 0 aliphatic heterocycles. The molecule has 2 aromatic heterocycles. The van der Waals surface area contributed by atoms with Crippen LogP contribution >= 0.6 is 59.4 Å². The van der Waals surface area contributed by atoms with Crippen LogP contribution in [-0.4, -0.2) is 62.9 Å². The number of hydrogen-bond donors (Lipinski definition) is 1. The zero-order chi connectivity index (χ0) is 26.6. The van der Waals surface area contributed by atoms with Crippen LogP contribution in [0.4, 0.5) is 10.5 Å². The van der Waals surface area contributed by atoms with E-state index in [1.807, 2.05) is 0 Å². The molecule has 3 aromatic rings. The Morgan fingerprint density at radius 1 is 1.11 bits per heavy atom. The molecule has 3 amide bonds. The second kappa shape index (κ2) is 12.2. The van der Waals surface area contributed by atoms with Gasteiger partial charge in [0.15, 0.2) is 5.82 Å². The Labute approximate surface area is 237 Å². The van der Waals surface area contributed by atoms with E-state index in [0.717, 1.165) is 0 Å². The third-order valence-corrected chi connectivity index (χ3v) is 6.65. The molecular weight excluding hydrogens is 687 g/mol. The molecule has 36 heavy (non-hydrogen) atoms. The lowest BCUT2D eigenvalue weighted by atomic mass is 10.1. The van der Waals surface area contributed by atoms with Gasteiger partial charge in [0.2, 0.25) is 0 Å². The van der Waals surface area contributed by atoms with E-state index in [4.69, 9.17) is 16.3 Å². The summed E-state index contributed by atoms with van der Waals surface area (Å²) >= 11 is 16.4. The highest BCUT2D eigenvalue weighted by Crippen LogP contribution is 2.33. The highest BCUT2D eigenvalue weighted by molar-refractivity contribution is 9.11. The number of methoxy groups -OCH3 is 1. The van der Waals surface area contributed by atoms with Gasteiger partial charge in [0.05, 0.1) is 23.4 Å². The molecule has 0 saturated carbocycles. The Bertz CT molecular complexity index is 1320. The molecule has 14 heteroatoms. The van der Waals surface area contributed by atoms with E-state index < -0.39 is 17.9 Å². The van der Waals surface area contributed by atoms with E-state index in [9.17, 15) is 14.4 Å². The third kappa shape index (κ3) is 5.90. The van der Waals surface area contributed by atoms with Crippen LogP contribution in [-0.2, 0) is 4.74 Å². The van der Waals surface area contributed by atoms with Crippen LogP contribution in [0.3, 0.4) is 0 Å². The first kappa shape index (κ1) is 28.1. The molecule has 1 aromatic carbocycles. The van der Waals surface area contributed by atoms with Gasteiger partial charge in [-0.3, -0.25) is 9.59 Å². The van der Waals surface area contributed by atoms with E-state index in [0.29, 0.717) is 18.6 Å². The summed E-state index contributed by atoms with van der Waals surface area (Å²) in [7, 11) is 1.24. The lowest BCUT2D eigenvalue weighted by Crippen LogP contribution is -2.49. The van der Waals surface area contributed by atoms with Crippen LogP contribution in [0, 0.1) is 0 Å². The number of rotatable bonds is 6. The maximum Gasteiger partial charge on any atom is 0.428 e. The summed E-state index contributed by atoms with van der Waals surface area (Å²) < 4.78 is 7.51. The summed E-state index contributed by atoms with van der Waals surface area (Å²) in [6, 6.07) is 8.03. The minimum Gasteiger partial charge on any atom is -0.452 e. The summed E-state index contributed by atoms with van der Waals surface area (Å²) in [6.07, 6.45) is 0.842. The van der Waals surface area contributed by atoms with Crippen molar-refractivity contribution in [3.05, 3.63) is 66.4 Å². The molecule has 0 atom stereocenters. The number of hydrazine groups is 1. The van der Waals surface area contributed by atoms with Crippen molar-refractivity contribution in [1.29, 1.82) is 0 Å². The molecule has 0 fully saturated rings. The van der Waals surface area contributed by atoms with Crippen molar-refractivity contribution in [1.82, 2.24) is 24.8 Å². The number of aromatic nitrogens is 3. The summed E-state index contributed by atoms with van der Waals surface area (Å²) in [4.78, 5) is 43.5. The Hall–Kier alpha value is -2.48. The average Bonchev–Trinajstić information content (AvgIpc) is 3.24. The number of pyridine rings is 1. The Balaban J connectivity index is 2.05. The second-order valence-corrected chi connectivity index (χ2v) is 10.0. The van der Waals surface area contributed by atoms with Crippen LogP contribution < -0.4 is 5.32 Å². The van der Waals surface area contributed by atoms with Gasteiger partial charge >= 0.3 is 6.09 Å². The fourth-order valence-electron chi connectivity index (χ4n) is 3.32. The summed E-state index contributed by atoms with van der Waals surface area (Å²) in [6.45, 7) is 3.81. The number of ether oxygens (including phenoxy) is 1. The van der Waals surface area contributed by atoms with E-state index in [1.54, 1.807) is 38.1 Å². The Morgan fingerprint density at radius 3 is 2.42 bits per heavy atom. The van der Waals surface area contributed by atoms with Crippen LogP contribution in [0.25, 0.3) is 5.82 Å². The maximum atomic E-state index is 13.6. The molecule has 0 aliphatic carbocycles. The minimum atomic E-state index is -0.687. The predicted octanol–water partition coefficient (Wildman–Crippen LogP) is 5.93. The fourth-order valence-corrected chi connectivity index (χ4v) is 5.22. The maximum absolute atomic E-state index is 13.6. The first-order valence-corrected chi connectivity index (χ1v) is 13.2. The molecule has 0 saturated heterocycles. The topological polar surface area (TPSA) is 110 Å². The van der Waals surface area contributed by atoms with Gasteiger partial charge in [-0.15, -0.1) is 0 Å². The van der Waals surface area contributed by atoms with E-state index in [1.165, 1.54) is 34.1 Å². The van der Waals surface area contributed by atoms with Crippen molar-refractivity contribution >= 4 is 83.0 Å². The van der Waals surface area contributed by atoms with Gasteiger partial charge in [0, 0.05) is 34.3 Å². The van der Waals surface area contributed by atoms with Gasteiger partial charge in [0.1, 0.15) is 10.3 Å². The zero-order valence-electron chi connectivity index (χ0n) is 19.3. The first-order chi connectivity index (χ1) is 17.1. The van der Waals surface area contributed by atoms with E-state index in [2.05, 4.69) is 63.2 Å².